The van der Waals surface area contributed by atoms with Crippen molar-refractivity contribution in [3.8, 4) is 0 Å². The molecule has 0 aliphatic heterocycles. The highest BCUT2D eigenvalue weighted by molar-refractivity contribution is 5.89. The van der Waals surface area contributed by atoms with Gasteiger partial charge in [-0.3, -0.25) is 9.67 Å². The Balaban J connectivity index is 1.61. The Morgan fingerprint density at radius 1 is 1.09 bits per heavy atom. The van der Waals surface area contributed by atoms with Crippen molar-refractivity contribution in [1.82, 2.24) is 14.8 Å². The molecule has 0 amide bonds. The number of benzene rings is 2. The third kappa shape index (κ3) is 4.21. The molecule has 1 fully saturated rings. The van der Waals surface area contributed by atoms with E-state index in [0.29, 0.717) is 12.6 Å². The molecule has 2 aromatic carbocycles. The number of hydrogen-bond donors (Lipinski definition) is 1. The maximum absolute atomic E-state index is 11.4. The van der Waals surface area contributed by atoms with Gasteiger partial charge in [-0.25, -0.2) is 4.79 Å². The first-order chi connectivity index (χ1) is 16.1. The lowest BCUT2D eigenvalue weighted by Gasteiger charge is -2.26. The smallest absolute Gasteiger partial charge is 0.335 e. The third-order valence-electron chi connectivity index (χ3n) is 6.57. The molecule has 0 spiro atoms. The van der Waals surface area contributed by atoms with Gasteiger partial charge in [0.1, 0.15) is 0 Å². The molecule has 6 heteroatoms. The van der Waals surface area contributed by atoms with Gasteiger partial charge in [0.15, 0.2) is 0 Å². The topological polar surface area (TPSA) is 71.2 Å². The fourth-order valence-electron chi connectivity index (χ4n) is 4.84. The van der Waals surface area contributed by atoms with Crippen LogP contribution in [-0.4, -0.2) is 25.8 Å². The number of aromatic carboxylic acids is 1. The van der Waals surface area contributed by atoms with Gasteiger partial charge in [-0.2, -0.15) is 5.10 Å². The molecule has 0 atom stereocenters. The number of hydrogen-bond acceptors (Lipinski definition) is 4. The largest absolute Gasteiger partial charge is 0.478 e. The molecule has 4 aromatic rings. The molecule has 0 unspecified atom stereocenters. The van der Waals surface area contributed by atoms with Gasteiger partial charge >= 0.3 is 5.97 Å². The molecular formula is C27H28N4O2. The fraction of sp³-hybridized carbons (Fsp3) is 0.296. The van der Waals surface area contributed by atoms with Crippen LogP contribution in [0, 0.1) is 0 Å². The second kappa shape index (κ2) is 9.06. The zero-order chi connectivity index (χ0) is 22.8. The summed E-state index contributed by atoms with van der Waals surface area (Å²) in [4.78, 5) is 17.8. The summed E-state index contributed by atoms with van der Waals surface area (Å²) in [6, 6.07) is 18.1. The van der Waals surface area contributed by atoms with Gasteiger partial charge in [0.05, 0.1) is 22.8 Å². The highest BCUT2D eigenvalue weighted by Crippen LogP contribution is 2.36. The van der Waals surface area contributed by atoms with Crippen LogP contribution in [0.1, 0.15) is 60.3 Å². The van der Waals surface area contributed by atoms with E-state index in [4.69, 9.17) is 5.10 Å². The Hall–Kier alpha value is -3.67. The van der Waals surface area contributed by atoms with Gasteiger partial charge in [-0.05, 0) is 73.4 Å². The summed E-state index contributed by atoms with van der Waals surface area (Å²) in [6.45, 7) is 2.79. The number of anilines is 2. The number of carboxylic acids is 1. The van der Waals surface area contributed by atoms with Crippen molar-refractivity contribution in [1.29, 1.82) is 0 Å². The first-order valence-electron chi connectivity index (χ1n) is 11.6. The van der Waals surface area contributed by atoms with E-state index in [1.165, 1.54) is 36.6 Å². The first kappa shape index (κ1) is 21.2. The second-order valence-corrected chi connectivity index (χ2v) is 8.68. The van der Waals surface area contributed by atoms with E-state index < -0.39 is 5.97 Å². The summed E-state index contributed by atoms with van der Waals surface area (Å²) >= 11 is 0. The predicted octanol–water partition coefficient (Wildman–Crippen LogP) is 6.15. The Morgan fingerprint density at radius 3 is 2.52 bits per heavy atom. The van der Waals surface area contributed by atoms with E-state index in [1.54, 1.807) is 18.3 Å². The SMILES string of the molecule is CCc1nn(C2CCCC2)c2cc(N(Cc3cccnc3)c3ccc(C(=O)O)cc3)ccc12. The lowest BCUT2D eigenvalue weighted by Crippen LogP contribution is -2.17. The van der Waals surface area contributed by atoms with Crippen molar-refractivity contribution in [3.63, 3.8) is 0 Å². The molecule has 1 saturated carbocycles. The van der Waals surface area contributed by atoms with Crippen molar-refractivity contribution in [2.45, 2.75) is 51.6 Å². The van der Waals surface area contributed by atoms with Crippen LogP contribution in [0.15, 0.2) is 67.0 Å². The van der Waals surface area contributed by atoms with E-state index in [-0.39, 0.29) is 5.56 Å². The van der Waals surface area contributed by atoms with Gasteiger partial charge in [0.2, 0.25) is 0 Å². The molecule has 0 saturated heterocycles. The molecule has 1 aliphatic rings. The highest BCUT2D eigenvalue weighted by atomic mass is 16.4. The minimum Gasteiger partial charge on any atom is -0.478 e. The fourth-order valence-corrected chi connectivity index (χ4v) is 4.84. The van der Waals surface area contributed by atoms with Crippen LogP contribution in [0.5, 0.6) is 0 Å². The molecule has 0 radical (unpaired) electrons. The van der Waals surface area contributed by atoms with Crippen molar-refractivity contribution in [2.75, 3.05) is 4.90 Å². The highest BCUT2D eigenvalue weighted by Gasteiger charge is 2.22. The number of pyridine rings is 1. The van der Waals surface area contributed by atoms with Crippen LogP contribution < -0.4 is 4.90 Å². The minimum absolute atomic E-state index is 0.280. The molecule has 2 heterocycles. The molecule has 33 heavy (non-hydrogen) atoms. The molecular weight excluding hydrogens is 412 g/mol. The molecule has 5 rings (SSSR count). The molecule has 6 nitrogen and oxygen atoms in total. The van der Waals surface area contributed by atoms with Gasteiger partial charge in [0.25, 0.3) is 0 Å². The van der Waals surface area contributed by atoms with E-state index in [1.807, 2.05) is 24.4 Å². The van der Waals surface area contributed by atoms with Gasteiger partial charge in [-0.15, -0.1) is 0 Å². The number of carboxylic acid groups (broad SMARTS) is 1. The quantitative estimate of drug-likeness (QED) is 0.373. The average molecular weight is 441 g/mol. The lowest BCUT2D eigenvalue weighted by molar-refractivity contribution is 0.0697. The van der Waals surface area contributed by atoms with Crippen LogP contribution in [0.25, 0.3) is 10.9 Å². The van der Waals surface area contributed by atoms with E-state index in [2.05, 4.69) is 45.8 Å². The van der Waals surface area contributed by atoms with Crippen molar-refractivity contribution in [3.05, 3.63) is 83.8 Å². The van der Waals surface area contributed by atoms with Gasteiger partial charge in [0, 0.05) is 35.7 Å². The average Bonchev–Trinajstić information content (AvgIpc) is 3.51. The maximum Gasteiger partial charge on any atom is 0.335 e. The van der Waals surface area contributed by atoms with Crippen molar-refractivity contribution >= 4 is 28.2 Å². The number of rotatable bonds is 7. The van der Waals surface area contributed by atoms with Gasteiger partial charge < -0.3 is 10.0 Å². The van der Waals surface area contributed by atoms with Crippen LogP contribution in [-0.2, 0) is 13.0 Å². The standard InChI is InChI=1S/C27H28N4O2/c1-2-25-24-14-13-23(16-26(24)31(29-25)22-7-3-4-8-22)30(18-19-6-5-15-28-17-19)21-11-9-20(10-12-21)27(32)33/h5-6,9-17,22H,2-4,7-8,18H2,1H3,(H,32,33). The number of fused-ring (bicyclic) bond motifs is 1. The molecule has 2 aromatic heterocycles. The third-order valence-corrected chi connectivity index (χ3v) is 6.57. The molecule has 0 bridgehead atoms. The summed E-state index contributed by atoms with van der Waals surface area (Å²) in [6.07, 6.45) is 9.43. The Kier molecular flexibility index (Phi) is 5.82. The zero-order valence-electron chi connectivity index (χ0n) is 18.8. The summed E-state index contributed by atoms with van der Waals surface area (Å²) in [5.74, 6) is -0.922. The van der Waals surface area contributed by atoms with Crippen LogP contribution in [0.2, 0.25) is 0 Å². The minimum atomic E-state index is -0.922. The summed E-state index contributed by atoms with van der Waals surface area (Å²) < 4.78 is 2.25. The van der Waals surface area contributed by atoms with Crippen LogP contribution in [0.3, 0.4) is 0 Å². The van der Waals surface area contributed by atoms with E-state index >= 15 is 0 Å². The van der Waals surface area contributed by atoms with Crippen molar-refractivity contribution < 1.29 is 9.90 Å². The molecule has 168 valence electrons. The normalized spacial score (nSPS) is 14.1. The van der Waals surface area contributed by atoms with Gasteiger partial charge in [-0.1, -0.05) is 25.8 Å². The lowest BCUT2D eigenvalue weighted by atomic mass is 10.1. The second-order valence-electron chi connectivity index (χ2n) is 8.68. The van der Waals surface area contributed by atoms with Crippen molar-refractivity contribution in [2.24, 2.45) is 0 Å². The first-order valence-corrected chi connectivity index (χ1v) is 11.6. The van der Waals surface area contributed by atoms with E-state index in [9.17, 15) is 9.90 Å². The number of nitrogens with zero attached hydrogens (tertiary/aromatic N) is 4. The number of aryl methyl sites for hydroxylation is 1. The summed E-state index contributed by atoms with van der Waals surface area (Å²) in [5.41, 5.74) is 5.67. The zero-order valence-corrected chi connectivity index (χ0v) is 18.8. The Bertz CT molecular complexity index is 1260. The number of carbonyl (C=O) groups is 1. The summed E-state index contributed by atoms with van der Waals surface area (Å²) in [5, 5.41) is 15.5. The molecule has 1 aliphatic carbocycles. The summed E-state index contributed by atoms with van der Waals surface area (Å²) in [7, 11) is 0. The Labute approximate surface area is 193 Å². The van der Waals surface area contributed by atoms with E-state index in [0.717, 1.165) is 29.1 Å². The molecule has 1 N–H and O–H groups in total. The van der Waals surface area contributed by atoms with Crippen LogP contribution >= 0.6 is 0 Å². The van der Waals surface area contributed by atoms with Crippen LogP contribution in [0.4, 0.5) is 11.4 Å². The predicted molar refractivity (Wildman–Crippen MR) is 130 cm³/mol. The monoisotopic (exact) mass is 440 g/mol. The maximum atomic E-state index is 11.4. The number of aromatic nitrogens is 3. The Morgan fingerprint density at radius 2 is 1.85 bits per heavy atom.